The van der Waals surface area contributed by atoms with Crippen LogP contribution in [0.3, 0.4) is 0 Å². The van der Waals surface area contributed by atoms with Crippen LogP contribution in [-0.2, 0) is 4.79 Å². The van der Waals surface area contributed by atoms with Gasteiger partial charge in [-0.15, -0.1) is 0 Å². The fourth-order valence-electron chi connectivity index (χ4n) is 2.33. The van der Waals surface area contributed by atoms with Gasteiger partial charge in [0, 0.05) is 21.8 Å². The molecule has 0 aromatic heterocycles. The summed E-state index contributed by atoms with van der Waals surface area (Å²) < 4.78 is 6.62. The van der Waals surface area contributed by atoms with Crippen molar-refractivity contribution in [2.24, 2.45) is 11.8 Å². The van der Waals surface area contributed by atoms with Gasteiger partial charge in [-0.2, -0.15) is 0 Å². The zero-order chi connectivity index (χ0) is 20.7. The Hall–Kier alpha value is -2.34. The Bertz CT molecular complexity index is 817. The molecular weight excluding hydrogens is 420 g/mol. The second-order valence-electron chi connectivity index (χ2n) is 7.35. The van der Waals surface area contributed by atoms with Crippen molar-refractivity contribution in [3.05, 3.63) is 52.5 Å². The zero-order valence-electron chi connectivity index (χ0n) is 16.7. The lowest BCUT2D eigenvalue weighted by Crippen LogP contribution is -2.18. The van der Waals surface area contributed by atoms with Gasteiger partial charge in [-0.05, 0) is 54.8 Å². The first kappa shape index (κ1) is 22.0. The first-order valence-corrected chi connectivity index (χ1v) is 10.2. The van der Waals surface area contributed by atoms with Crippen LogP contribution in [0.1, 0.15) is 44.5 Å². The molecule has 0 saturated carbocycles. The van der Waals surface area contributed by atoms with Crippen molar-refractivity contribution in [3.63, 3.8) is 0 Å². The van der Waals surface area contributed by atoms with Gasteiger partial charge in [-0.1, -0.05) is 43.6 Å². The standard InChI is InChI=1S/C22H27BrN2O3/c1-14(2)11-12-28-20-10-5-16(23)13-19(20)22(27)25-18-8-6-17(7-9-18)24-21(26)15(3)4/h5-10,13-15H,11-12H2,1-4H3,(H,24,26)(H,25,27). The lowest BCUT2D eigenvalue weighted by Gasteiger charge is -2.14. The summed E-state index contributed by atoms with van der Waals surface area (Å²) in [5.41, 5.74) is 1.80. The van der Waals surface area contributed by atoms with Crippen LogP contribution in [0.5, 0.6) is 5.75 Å². The highest BCUT2D eigenvalue weighted by atomic mass is 79.9. The molecule has 0 atom stereocenters. The van der Waals surface area contributed by atoms with E-state index in [1.54, 1.807) is 36.4 Å². The summed E-state index contributed by atoms with van der Waals surface area (Å²) in [6, 6.07) is 12.4. The van der Waals surface area contributed by atoms with Crippen molar-refractivity contribution in [3.8, 4) is 5.75 Å². The average molecular weight is 447 g/mol. The normalized spacial score (nSPS) is 10.8. The molecule has 0 radical (unpaired) electrons. The SMILES string of the molecule is CC(C)CCOc1ccc(Br)cc1C(=O)Nc1ccc(NC(=O)C(C)C)cc1. The van der Waals surface area contributed by atoms with Gasteiger partial charge in [0.25, 0.3) is 5.91 Å². The molecule has 0 aliphatic rings. The van der Waals surface area contributed by atoms with Crippen molar-refractivity contribution in [2.45, 2.75) is 34.1 Å². The largest absolute Gasteiger partial charge is 0.493 e. The van der Waals surface area contributed by atoms with Gasteiger partial charge < -0.3 is 15.4 Å². The number of carbonyl (C=O) groups is 2. The molecule has 28 heavy (non-hydrogen) atoms. The van der Waals surface area contributed by atoms with E-state index in [1.165, 1.54) is 0 Å². The van der Waals surface area contributed by atoms with E-state index in [0.29, 0.717) is 35.2 Å². The van der Waals surface area contributed by atoms with E-state index in [-0.39, 0.29) is 17.7 Å². The Morgan fingerprint density at radius 2 is 1.57 bits per heavy atom. The van der Waals surface area contributed by atoms with Gasteiger partial charge >= 0.3 is 0 Å². The van der Waals surface area contributed by atoms with Crippen LogP contribution >= 0.6 is 15.9 Å². The summed E-state index contributed by atoms with van der Waals surface area (Å²) in [5.74, 6) is 0.698. The Balaban J connectivity index is 2.07. The van der Waals surface area contributed by atoms with E-state index >= 15 is 0 Å². The van der Waals surface area contributed by atoms with Crippen molar-refractivity contribution >= 4 is 39.1 Å². The third kappa shape index (κ3) is 6.68. The van der Waals surface area contributed by atoms with Gasteiger partial charge in [0.15, 0.2) is 0 Å². The number of anilines is 2. The summed E-state index contributed by atoms with van der Waals surface area (Å²) in [6.45, 7) is 8.49. The number of carbonyl (C=O) groups excluding carboxylic acids is 2. The van der Waals surface area contributed by atoms with Crippen molar-refractivity contribution in [1.29, 1.82) is 0 Å². The quantitative estimate of drug-likeness (QED) is 0.544. The molecule has 150 valence electrons. The Labute approximate surface area is 175 Å². The highest BCUT2D eigenvalue weighted by molar-refractivity contribution is 9.10. The summed E-state index contributed by atoms with van der Waals surface area (Å²) >= 11 is 3.41. The fraction of sp³-hybridized carbons (Fsp3) is 0.364. The molecule has 0 bridgehead atoms. The third-order valence-corrected chi connectivity index (χ3v) is 4.57. The molecule has 2 N–H and O–H groups in total. The third-order valence-electron chi connectivity index (χ3n) is 4.07. The van der Waals surface area contributed by atoms with Gasteiger partial charge in [0.05, 0.1) is 12.2 Å². The van der Waals surface area contributed by atoms with Crippen molar-refractivity contribution < 1.29 is 14.3 Å². The lowest BCUT2D eigenvalue weighted by atomic mass is 10.1. The van der Waals surface area contributed by atoms with Gasteiger partial charge in [0.1, 0.15) is 5.75 Å². The highest BCUT2D eigenvalue weighted by Gasteiger charge is 2.14. The second kappa shape index (κ2) is 10.3. The zero-order valence-corrected chi connectivity index (χ0v) is 18.3. The van der Waals surface area contributed by atoms with Gasteiger partial charge in [-0.3, -0.25) is 9.59 Å². The Kier molecular flexibility index (Phi) is 8.05. The van der Waals surface area contributed by atoms with Crippen molar-refractivity contribution in [1.82, 2.24) is 0 Å². The smallest absolute Gasteiger partial charge is 0.259 e. The van der Waals surface area contributed by atoms with Crippen molar-refractivity contribution in [2.75, 3.05) is 17.2 Å². The molecule has 2 aromatic rings. The molecule has 0 fully saturated rings. The molecule has 0 spiro atoms. The molecule has 0 unspecified atom stereocenters. The molecule has 0 aliphatic heterocycles. The molecule has 0 aliphatic carbocycles. The van der Waals surface area contributed by atoms with Gasteiger partial charge in [-0.25, -0.2) is 0 Å². The van der Waals surface area contributed by atoms with Crippen LogP contribution in [0.25, 0.3) is 0 Å². The molecular formula is C22H27BrN2O3. The maximum Gasteiger partial charge on any atom is 0.259 e. The van der Waals surface area contributed by atoms with Crippen LogP contribution in [0, 0.1) is 11.8 Å². The van der Waals surface area contributed by atoms with Crippen LogP contribution < -0.4 is 15.4 Å². The van der Waals surface area contributed by atoms with E-state index in [1.807, 2.05) is 19.9 Å². The maximum atomic E-state index is 12.8. The first-order valence-electron chi connectivity index (χ1n) is 9.41. The van der Waals surface area contributed by atoms with Crippen LogP contribution in [0.15, 0.2) is 46.9 Å². The number of hydrogen-bond donors (Lipinski definition) is 2. The topological polar surface area (TPSA) is 67.4 Å². The number of amides is 2. The molecule has 5 nitrogen and oxygen atoms in total. The fourth-order valence-corrected chi connectivity index (χ4v) is 2.69. The Morgan fingerprint density at radius 1 is 0.964 bits per heavy atom. The maximum absolute atomic E-state index is 12.8. The number of benzene rings is 2. The van der Waals surface area contributed by atoms with E-state index in [2.05, 4.69) is 40.4 Å². The minimum atomic E-state index is -0.250. The highest BCUT2D eigenvalue weighted by Crippen LogP contribution is 2.25. The number of halogens is 1. The minimum Gasteiger partial charge on any atom is -0.493 e. The lowest BCUT2D eigenvalue weighted by molar-refractivity contribution is -0.118. The predicted molar refractivity (Wildman–Crippen MR) is 117 cm³/mol. The number of rotatable bonds is 8. The molecule has 0 saturated heterocycles. The van der Waals surface area contributed by atoms with Crippen LogP contribution in [0.2, 0.25) is 0 Å². The summed E-state index contributed by atoms with van der Waals surface area (Å²) in [5, 5.41) is 5.70. The number of hydrogen-bond acceptors (Lipinski definition) is 3. The predicted octanol–water partition coefficient (Wildman–Crippen LogP) is 5.72. The van der Waals surface area contributed by atoms with Crippen LogP contribution in [-0.4, -0.2) is 18.4 Å². The Morgan fingerprint density at radius 3 is 2.14 bits per heavy atom. The molecule has 6 heteroatoms. The van der Waals surface area contributed by atoms with E-state index < -0.39 is 0 Å². The van der Waals surface area contributed by atoms with E-state index in [4.69, 9.17) is 4.74 Å². The number of ether oxygens (including phenoxy) is 1. The van der Waals surface area contributed by atoms with Crippen LogP contribution in [0.4, 0.5) is 11.4 Å². The first-order chi connectivity index (χ1) is 13.3. The molecule has 2 aromatic carbocycles. The molecule has 0 heterocycles. The minimum absolute atomic E-state index is 0.0471. The summed E-state index contributed by atoms with van der Waals surface area (Å²) in [4.78, 5) is 24.5. The van der Waals surface area contributed by atoms with Gasteiger partial charge in [0.2, 0.25) is 5.91 Å². The summed E-state index contributed by atoms with van der Waals surface area (Å²) in [7, 11) is 0. The average Bonchev–Trinajstić information content (AvgIpc) is 2.64. The second-order valence-corrected chi connectivity index (χ2v) is 8.26. The van der Waals surface area contributed by atoms with E-state index in [0.717, 1.165) is 10.9 Å². The summed E-state index contributed by atoms with van der Waals surface area (Å²) in [6.07, 6.45) is 0.917. The monoisotopic (exact) mass is 446 g/mol. The molecule has 2 amide bonds. The number of nitrogens with one attached hydrogen (secondary N) is 2. The van der Waals surface area contributed by atoms with E-state index in [9.17, 15) is 9.59 Å². The molecule has 2 rings (SSSR count).